The Bertz CT molecular complexity index is 413. The summed E-state index contributed by atoms with van der Waals surface area (Å²) < 4.78 is 11.5. The van der Waals surface area contributed by atoms with Crippen LogP contribution in [-0.4, -0.2) is 25.3 Å². The number of methoxy groups -OCH3 is 1. The number of thiazole rings is 1. The smallest absolute Gasteiger partial charge is 0.120 e. The zero-order valence-corrected chi connectivity index (χ0v) is 8.71. The molecule has 3 nitrogen and oxygen atoms in total. The molecule has 0 unspecified atom stereocenters. The summed E-state index contributed by atoms with van der Waals surface area (Å²) in [6.45, 7) is 1.20. The van der Waals surface area contributed by atoms with Crippen LogP contribution in [0.15, 0.2) is 23.7 Å². The fraction of sp³-hybridized carbons (Fsp3) is 0.300. The molecule has 1 aromatic carbocycles. The van der Waals surface area contributed by atoms with Gasteiger partial charge in [-0.15, -0.1) is 11.3 Å². The second-order valence-electron chi connectivity index (χ2n) is 2.82. The molecule has 0 bridgehead atoms. The normalized spacial score (nSPS) is 10.6. The Morgan fingerprint density at radius 1 is 1.36 bits per heavy atom. The lowest BCUT2D eigenvalue weighted by molar-refractivity contribution is 0.146. The molecule has 2 aromatic rings. The summed E-state index contributed by atoms with van der Waals surface area (Å²) in [5, 5.41) is 0. The largest absolute Gasteiger partial charge is 0.491 e. The molecular formula is C10H11NO2S. The van der Waals surface area contributed by atoms with E-state index in [-0.39, 0.29) is 0 Å². The Morgan fingerprint density at radius 3 is 3.14 bits per heavy atom. The predicted molar refractivity (Wildman–Crippen MR) is 57.0 cm³/mol. The first-order valence-electron chi connectivity index (χ1n) is 4.35. The third-order valence-corrected chi connectivity index (χ3v) is 2.65. The van der Waals surface area contributed by atoms with E-state index in [1.54, 1.807) is 18.4 Å². The minimum Gasteiger partial charge on any atom is -0.491 e. The number of hydrogen-bond donors (Lipinski definition) is 0. The topological polar surface area (TPSA) is 31.4 Å². The Labute approximate surface area is 86.3 Å². The number of rotatable bonds is 4. The van der Waals surface area contributed by atoms with E-state index in [0.717, 1.165) is 16.0 Å². The van der Waals surface area contributed by atoms with Crippen molar-refractivity contribution in [1.82, 2.24) is 4.98 Å². The highest BCUT2D eigenvalue weighted by Gasteiger charge is 1.98. The van der Waals surface area contributed by atoms with Gasteiger partial charge in [0.15, 0.2) is 0 Å². The minimum absolute atomic E-state index is 0.584. The highest BCUT2D eigenvalue weighted by atomic mass is 32.1. The molecule has 0 aliphatic carbocycles. The molecule has 2 rings (SSSR count). The van der Waals surface area contributed by atoms with Crippen LogP contribution in [0.1, 0.15) is 0 Å². The van der Waals surface area contributed by atoms with Crippen molar-refractivity contribution in [2.45, 2.75) is 0 Å². The van der Waals surface area contributed by atoms with E-state index in [4.69, 9.17) is 9.47 Å². The van der Waals surface area contributed by atoms with Crippen LogP contribution < -0.4 is 4.74 Å². The summed E-state index contributed by atoms with van der Waals surface area (Å²) in [7, 11) is 1.66. The van der Waals surface area contributed by atoms with Gasteiger partial charge in [0, 0.05) is 7.11 Å². The van der Waals surface area contributed by atoms with E-state index >= 15 is 0 Å². The number of nitrogens with zero attached hydrogens (tertiary/aromatic N) is 1. The summed E-state index contributed by atoms with van der Waals surface area (Å²) >= 11 is 1.62. The van der Waals surface area contributed by atoms with Crippen LogP contribution in [0.25, 0.3) is 10.2 Å². The molecule has 14 heavy (non-hydrogen) atoms. The quantitative estimate of drug-likeness (QED) is 0.724. The fourth-order valence-corrected chi connectivity index (χ4v) is 1.87. The average molecular weight is 209 g/mol. The molecule has 1 heterocycles. The van der Waals surface area contributed by atoms with Crippen LogP contribution in [0.4, 0.5) is 0 Å². The molecule has 0 aliphatic rings. The maximum atomic E-state index is 5.48. The number of aromatic nitrogens is 1. The van der Waals surface area contributed by atoms with Crippen LogP contribution >= 0.6 is 11.3 Å². The van der Waals surface area contributed by atoms with Gasteiger partial charge in [0.25, 0.3) is 0 Å². The Morgan fingerprint density at radius 2 is 2.29 bits per heavy atom. The van der Waals surface area contributed by atoms with Gasteiger partial charge in [-0.05, 0) is 18.2 Å². The standard InChI is InChI=1S/C10H11NO2S/c1-12-4-5-13-8-2-3-9-10(6-8)14-7-11-9/h2-3,6-7H,4-5H2,1H3. The molecule has 0 N–H and O–H groups in total. The minimum atomic E-state index is 0.584. The van der Waals surface area contributed by atoms with E-state index in [1.165, 1.54) is 0 Å². The predicted octanol–water partition coefficient (Wildman–Crippen LogP) is 2.32. The van der Waals surface area contributed by atoms with Gasteiger partial charge < -0.3 is 9.47 Å². The highest BCUT2D eigenvalue weighted by Crippen LogP contribution is 2.23. The molecule has 0 amide bonds. The van der Waals surface area contributed by atoms with Gasteiger partial charge in [0.1, 0.15) is 12.4 Å². The van der Waals surface area contributed by atoms with Crippen molar-refractivity contribution in [2.75, 3.05) is 20.3 Å². The molecule has 0 saturated heterocycles. The van der Waals surface area contributed by atoms with Gasteiger partial charge in [-0.3, -0.25) is 0 Å². The maximum absolute atomic E-state index is 5.48. The number of fused-ring (bicyclic) bond motifs is 1. The molecule has 1 aromatic heterocycles. The van der Waals surface area contributed by atoms with Gasteiger partial charge >= 0.3 is 0 Å². The molecule has 0 atom stereocenters. The number of ether oxygens (including phenoxy) is 2. The van der Waals surface area contributed by atoms with E-state index < -0.39 is 0 Å². The maximum Gasteiger partial charge on any atom is 0.120 e. The molecule has 0 spiro atoms. The zero-order valence-electron chi connectivity index (χ0n) is 7.90. The van der Waals surface area contributed by atoms with Gasteiger partial charge in [-0.25, -0.2) is 4.98 Å². The van der Waals surface area contributed by atoms with Crippen molar-refractivity contribution >= 4 is 21.6 Å². The van der Waals surface area contributed by atoms with Gasteiger partial charge in [0.2, 0.25) is 0 Å². The summed E-state index contributed by atoms with van der Waals surface area (Å²) in [5.41, 5.74) is 2.86. The van der Waals surface area contributed by atoms with Crippen molar-refractivity contribution in [3.8, 4) is 5.75 Å². The Balaban J connectivity index is 2.10. The van der Waals surface area contributed by atoms with Crippen LogP contribution in [-0.2, 0) is 4.74 Å². The number of benzene rings is 1. The van der Waals surface area contributed by atoms with Gasteiger partial charge in [-0.1, -0.05) is 0 Å². The molecule has 74 valence electrons. The Hall–Kier alpha value is -1.13. The Kier molecular flexibility index (Phi) is 2.96. The van der Waals surface area contributed by atoms with Crippen molar-refractivity contribution < 1.29 is 9.47 Å². The molecule has 0 saturated carbocycles. The lowest BCUT2D eigenvalue weighted by atomic mass is 10.3. The summed E-state index contributed by atoms with van der Waals surface area (Å²) in [6.07, 6.45) is 0. The molecule has 0 radical (unpaired) electrons. The molecule has 4 heteroatoms. The fourth-order valence-electron chi connectivity index (χ4n) is 1.17. The highest BCUT2D eigenvalue weighted by molar-refractivity contribution is 7.16. The van der Waals surface area contributed by atoms with Crippen molar-refractivity contribution in [3.05, 3.63) is 23.7 Å². The second-order valence-corrected chi connectivity index (χ2v) is 3.71. The average Bonchev–Trinajstić information content (AvgIpc) is 2.65. The first kappa shape index (κ1) is 9.43. The first-order chi connectivity index (χ1) is 6.90. The second kappa shape index (κ2) is 4.39. The van der Waals surface area contributed by atoms with Gasteiger partial charge in [-0.2, -0.15) is 0 Å². The summed E-state index contributed by atoms with van der Waals surface area (Å²) in [4.78, 5) is 4.19. The van der Waals surface area contributed by atoms with E-state index in [2.05, 4.69) is 4.98 Å². The van der Waals surface area contributed by atoms with Crippen LogP contribution in [0.5, 0.6) is 5.75 Å². The summed E-state index contributed by atoms with van der Waals surface area (Å²) in [5.74, 6) is 0.874. The molecule has 0 fully saturated rings. The lowest BCUT2D eigenvalue weighted by Crippen LogP contribution is -2.03. The van der Waals surface area contributed by atoms with Crippen LogP contribution in [0, 0.1) is 0 Å². The van der Waals surface area contributed by atoms with Crippen molar-refractivity contribution in [3.63, 3.8) is 0 Å². The van der Waals surface area contributed by atoms with Crippen molar-refractivity contribution in [1.29, 1.82) is 0 Å². The lowest BCUT2D eigenvalue weighted by Gasteiger charge is -2.04. The third-order valence-electron chi connectivity index (χ3n) is 1.86. The number of hydrogen-bond acceptors (Lipinski definition) is 4. The monoisotopic (exact) mass is 209 g/mol. The zero-order chi connectivity index (χ0) is 9.80. The first-order valence-corrected chi connectivity index (χ1v) is 5.23. The van der Waals surface area contributed by atoms with Crippen LogP contribution in [0.3, 0.4) is 0 Å². The van der Waals surface area contributed by atoms with E-state index in [9.17, 15) is 0 Å². The van der Waals surface area contributed by atoms with Crippen LogP contribution in [0.2, 0.25) is 0 Å². The molecule has 0 aliphatic heterocycles. The van der Waals surface area contributed by atoms with E-state index in [0.29, 0.717) is 13.2 Å². The van der Waals surface area contributed by atoms with Crippen molar-refractivity contribution in [2.24, 2.45) is 0 Å². The third kappa shape index (κ3) is 2.02. The summed E-state index contributed by atoms with van der Waals surface area (Å²) in [6, 6.07) is 5.90. The van der Waals surface area contributed by atoms with Gasteiger partial charge in [0.05, 0.1) is 22.3 Å². The molecular weight excluding hydrogens is 198 g/mol. The van der Waals surface area contributed by atoms with E-state index in [1.807, 2.05) is 23.7 Å². The SMILES string of the molecule is COCCOc1ccc2ncsc2c1.